The molecule has 1 atom stereocenters. The third-order valence-corrected chi connectivity index (χ3v) is 6.82. The molecule has 170 valence electrons. The van der Waals surface area contributed by atoms with Crippen LogP contribution in [-0.4, -0.2) is 81.8 Å². The molecule has 0 aromatic heterocycles. The van der Waals surface area contributed by atoms with Crippen LogP contribution in [-0.2, 0) is 33.3 Å². The van der Waals surface area contributed by atoms with Crippen LogP contribution in [0.1, 0.15) is 27.2 Å². The van der Waals surface area contributed by atoms with Gasteiger partial charge in [0.1, 0.15) is 6.04 Å². The molecule has 0 rings (SSSR count). The molecule has 9 nitrogen and oxygen atoms in total. The van der Waals surface area contributed by atoms with Crippen molar-refractivity contribution in [3.8, 4) is 0 Å². The second-order valence-electron chi connectivity index (χ2n) is 7.08. The van der Waals surface area contributed by atoms with E-state index >= 15 is 0 Å². The molecule has 29 heavy (non-hydrogen) atoms. The Morgan fingerprint density at radius 1 is 1.03 bits per heavy atom. The molecule has 0 saturated carbocycles. The summed E-state index contributed by atoms with van der Waals surface area (Å²) in [7, 11) is 0.319. The fraction of sp³-hybridized carbons (Fsp3) is 0.833. The molecule has 0 unspecified atom stereocenters. The largest absolute Gasteiger partial charge is 0.466 e. The minimum absolute atomic E-state index is 0.186. The zero-order valence-corrected chi connectivity index (χ0v) is 20.6. The molecule has 11 heteroatoms. The maximum atomic E-state index is 13.0. The quantitative estimate of drug-likeness (QED) is 0.137. The molecule has 0 radical (unpaired) electrons. The van der Waals surface area contributed by atoms with Crippen LogP contribution in [0.2, 0.25) is 19.6 Å². The van der Waals surface area contributed by atoms with E-state index in [1.165, 1.54) is 37.5 Å². The number of hydrogen-bond acceptors (Lipinski definition) is 9. The Hall–Kier alpha value is -1.30. The number of ether oxygens (including phenoxy) is 5. The van der Waals surface area contributed by atoms with Crippen LogP contribution in [0.3, 0.4) is 0 Å². The molecular weight excluding hydrogens is 418 g/mol. The van der Waals surface area contributed by atoms with Gasteiger partial charge >= 0.3 is 24.0 Å². The number of thioether (sulfide) groups is 1. The molecule has 0 heterocycles. The minimum atomic E-state index is -2.38. The van der Waals surface area contributed by atoms with E-state index in [1.54, 1.807) is 13.8 Å². The summed E-state index contributed by atoms with van der Waals surface area (Å²) in [6.45, 7) is 11.2. The van der Waals surface area contributed by atoms with Crippen molar-refractivity contribution in [2.45, 2.75) is 58.8 Å². The Balaban J connectivity index is 5.46. The summed E-state index contributed by atoms with van der Waals surface area (Å²) in [5, 5.41) is 0. The van der Waals surface area contributed by atoms with Gasteiger partial charge in [0.05, 0.1) is 19.6 Å². The van der Waals surface area contributed by atoms with Gasteiger partial charge < -0.3 is 28.2 Å². The van der Waals surface area contributed by atoms with Gasteiger partial charge in [-0.05, 0) is 13.8 Å². The Kier molecular flexibility index (Phi) is 12.5. The van der Waals surface area contributed by atoms with E-state index < -0.39 is 32.3 Å². The minimum Gasteiger partial charge on any atom is -0.466 e. The summed E-state index contributed by atoms with van der Waals surface area (Å²) < 4.78 is 27.2. The van der Waals surface area contributed by atoms with Crippen molar-refractivity contribution in [1.29, 1.82) is 0 Å². The average Bonchev–Trinajstić information content (AvgIpc) is 2.63. The summed E-state index contributed by atoms with van der Waals surface area (Å²) in [6, 6.07) is -0.862. The number of carbonyl (C=O) groups is 3. The second-order valence-corrected chi connectivity index (χ2v) is 13.1. The lowest BCUT2D eigenvalue weighted by molar-refractivity contribution is -0.324. The van der Waals surface area contributed by atoms with E-state index in [0.29, 0.717) is 12.4 Å². The topological polar surface area (TPSA) is 101 Å². The average molecular weight is 454 g/mol. The third-order valence-electron chi connectivity index (χ3n) is 3.84. The Morgan fingerprint density at radius 3 is 2.03 bits per heavy atom. The molecule has 0 aliphatic heterocycles. The fourth-order valence-corrected chi connectivity index (χ4v) is 5.16. The lowest BCUT2D eigenvalue weighted by Gasteiger charge is -2.40. The SMILES string of the molecule is CCOC(=O)CCSC[C@H](C(=O)OCC)N(C(=O)OC(C)(OC)OC)[Si](C)(C)C. The summed E-state index contributed by atoms with van der Waals surface area (Å²) >= 11 is 1.37. The smallest absolute Gasteiger partial charge is 0.406 e. The maximum absolute atomic E-state index is 13.0. The summed E-state index contributed by atoms with van der Waals surface area (Å²) in [5.41, 5.74) is 0. The zero-order valence-electron chi connectivity index (χ0n) is 18.7. The first-order chi connectivity index (χ1) is 13.5. The Labute approximate surface area is 178 Å². The van der Waals surface area contributed by atoms with Gasteiger partial charge in [0.2, 0.25) is 0 Å². The van der Waals surface area contributed by atoms with E-state index in [9.17, 15) is 14.4 Å². The first kappa shape index (κ1) is 27.7. The van der Waals surface area contributed by atoms with E-state index in [0.717, 1.165) is 0 Å². The second kappa shape index (κ2) is 13.1. The monoisotopic (exact) mass is 453 g/mol. The lowest BCUT2D eigenvalue weighted by Crippen LogP contribution is -2.60. The predicted octanol–water partition coefficient (Wildman–Crippen LogP) is 2.84. The van der Waals surface area contributed by atoms with E-state index in [1.807, 2.05) is 19.6 Å². The van der Waals surface area contributed by atoms with E-state index in [-0.39, 0.29) is 24.7 Å². The van der Waals surface area contributed by atoms with Crippen LogP contribution in [0.15, 0.2) is 0 Å². The van der Waals surface area contributed by atoms with Gasteiger partial charge in [0.15, 0.2) is 8.24 Å². The highest BCUT2D eigenvalue weighted by Crippen LogP contribution is 2.23. The van der Waals surface area contributed by atoms with Crippen molar-refractivity contribution in [3.63, 3.8) is 0 Å². The fourth-order valence-electron chi connectivity index (χ4n) is 2.31. The molecule has 0 aromatic rings. The van der Waals surface area contributed by atoms with Gasteiger partial charge in [-0.2, -0.15) is 11.8 Å². The third kappa shape index (κ3) is 9.83. The molecule has 0 aliphatic rings. The van der Waals surface area contributed by atoms with Gasteiger partial charge in [-0.1, -0.05) is 19.6 Å². The van der Waals surface area contributed by atoms with E-state index in [4.69, 9.17) is 23.7 Å². The van der Waals surface area contributed by atoms with Crippen LogP contribution in [0.4, 0.5) is 4.79 Å². The van der Waals surface area contributed by atoms with Crippen LogP contribution in [0.5, 0.6) is 0 Å². The number of amides is 1. The molecule has 0 fully saturated rings. The molecule has 0 aromatic carbocycles. The Bertz CT molecular complexity index is 536. The van der Waals surface area contributed by atoms with Gasteiger partial charge in [-0.25, -0.2) is 9.59 Å². The lowest BCUT2D eigenvalue weighted by atomic mass is 10.3. The van der Waals surface area contributed by atoms with Crippen molar-refractivity contribution >= 4 is 38.0 Å². The number of carbonyl (C=O) groups excluding carboxylic acids is 3. The van der Waals surface area contributed by atoms with Crippen molar-refractivity contribution in [2.24, 2.45) is 0 Å². The highest BCUT2D eigenvalue weighted by atomic mass is 32.2. The summed E-state index contributed by atoms with van der Waals surface area (Å²) in [4.78, 5) is 37.2. The van der Waals surface area contributed by atoms with Crippen LogP contribution in [0.25, 0.3) is 0 Å². The number of hydrogen-bond donors (Lipinski definition) is 0. The Morgan fingerprint density at radius 2 is 1.59 bits per heavy atom. The number of methoxy groups -OCH3 is 2. The van der Waals surface area contributed by atoms with E-state index in [2.05, 4.69) is 0 Å². The van der Waals surface area contributed by atoms with Crippen molar-refractivity contribution in [1.82, 2.24) is 4.57 Å². The van der Waals surface area contributed by atoms with Gasteiger partial charge in [-0.3, -0.25) is 4.79 Å². The zero-order chi connectivity index (χ0) is 22.7. The van der Waals surface area contributed by atoms with Crippen molar-refractivity contribution in [3.05, 3.63) is 0 Å². The molecule has 0 N–H and O–H groups in total. The number of nitrogens with zero attached hydrogens (tertiary/aromatic N) is 1. The first-order valence-corrected chi connectivity index (χ1v) is 14.1. The molecule has 0 bridgehead atoms. The van der Waals surface area contributed by atoms with Crippen LogP contribution in [0, 0.1) is 0 Å². The molecule has 1 amide bonds. The molecule has 0 spiro atoms. The molecule has 0 saturated heterocycles. The van der Waals surface area contributed by atoms with Crippen molar-refractivity contribution < 1.29 is 38.1 Å². The first-order valence-electron chi connectivity index (χ1n) is 9.48. The summed E-state index contributed by atoms with van der Waals surface area (Å²) in [6.07, 6.45) is -0.504. The van der Waals surface area contributed by atoms with Crippen LogP contribution >= 0.6 is 11.8 Å². The normalized spacial score (nSPS) is 12.8. The molecular formula is C18H35NO8SSi. The highest BCUT2D eigenvalue weighted by molar-refractivity contribution is 7.99. The molecule has 0 aliphatic carbocycles. The van der Waals surface area contributed by atoms with Gasteiger partial charge in [0, 0.05) is 32.6 Å². The van der Waals surface area contributed by atoms with Crippen LogP contribution < -0.4 is 0 Å². The van der Waals surface area contributed by atoms with Gasteiger partial charge in [-0.15, -0.1) is 0 Å². The summed E-state index contributed by atoms with van der Waals surface area (Å²) in [5.74, 6) is -1.69. The van der Waals surface area contributed by atoms with Gasteiger partial charge in [0.25, 0.3) is 0 Å². The maximum Gasteiger partial charge on any atom is 0.406 e. The standard InChI is InChI=1S/C18H35NO8SSi/c1-9-25-15(20)11-12-28-13-14(16(21)26-10-2)19(29(6,7)8)17(22)27-18(3,23-4)24-5/h14H,9-13H2,1-8H3/t14-/m1/s1. The number of esters is 2. The van der Waals surface area contributed by atoms with Crippen molar-refractivity contribution in [2.75, 3.05) is 38.9 Å². The predicted molar refractivity (Wildman–Crippen MR) is 113 cm³/mol. The highest BCUT2D eigenvalue weighted by Gasteiger charge is 2.43. The number of rotatable bonds is 13.